The number of para-hydroxylation sites is 1. The van der Waals surface area contributed by atoms with E-state index in [4.69, 9.17) is 9.72 Å². The molecule has 0 aliphatic rings. The normalized spacial score (nSPS) is 12.1. The van der Waals surface area contributed by atoms with Crippen molar-refractivity contribution >= 4 is 54.8 Å². The molecule has 8 rings (SSSR count). The van der Waals surface area contributed by atoms with Gasteiger partial charge in [0.15, 0.2) is 0 Å². The zero-order valence-corrected chi connectivity index (χ0v) is 20.3. The standard InChI is InChI=1S/C31H21N5O/c1-18-19(2)36-27-7-4-3-6-23(27)22-11-9-20(16-25(22)31(36)34-18)37-21-10-12-24-26(17-21)30-33-14-15-35(30)28-8-5-13-32-29(24)28/h3-17H,1-2H3. The quantitative estimate of drug-likeness (QED) is 0.242. The average molecular weight is 480 g/mol. The van der Waals surface area contributed by atoms with Crippen LogP contribution in [0.4, 0.5) is 0 Å². The van der Waals surface area contributed by atoms with Gasteiger partial charge in [-0.25, -0.2) is 9.97 Å². The number of fused-ring (bicyclic) bond motifs is 12. The molecule has 6 nitrogen and oxygen atoms in total. The first kappa shape index (κ1) is 20.2. The molecule has 0 radical (unpaired) electrons. The second-order valence-electron chi connectivity index (χ2n) is 9.47. The number of aryl methyl sites for hydroxylation is 2. The van der Waals surface area contributed by atoms with Gasteiger partial charge in [0, 0.05) is 45.8 Å². The van der Waals surface area contributed by atoms with Gasteiger partial charge >= 0.3 is 0 Å². The minimum atomic E-state index is 0.750. The van der Waals surface area contributed by atoms with E-state index in [0.29, 0.717) is 0 Å². The fourth-order valence-electron chi connectivity index (χ4n) is 5.60. The summed E-state index contributed by atoms with van der Waals surface area (Å²) in [5.41, 5.74) is 7.16. The van der Waals surface area contributed by atoms with Crippen LogP contribution < -0.4 is 4.74 Å². The molecule has 0 fully saturated rings. The third-order valence-electron chi connectivity index (χ3n) is 7.42. The van der Waals surface area contributed by atoms with Crippen LogP contribution in [0.1, 0.15) is 11.4 Å². The number of ether oxygens (including phenoxy) is 1. The van der Waals surface area contributed by atoms with Gasteiger partial charge in [-0.3, -0.25) is 13.8 Å². The number of nitrogens with zero attached hydrogens (tertiary/aromatic N) is 5. The van der Waals surface area contributed by atoms with E-state index in [1.807, 2.05) is 36.8 Å². The van der Waals surface area contributed by atoms with E-state index in [1.165, 1.54) is 5.39 Å². The molecule has 5 aromatic heterocycles. The van der Waals surface area contributed by atoms with Crippen LogP contribution in [-0.4, -0.2) is 23.8 Å². The van der Waals surface area contributed by atoms with E-state index < -0.39 is 0 Å². The molecule has 8 aromatic rings. The first-order chi connectivity index (χ1) is 18.2. The van der Waals surface area contributed by atoms with Gasteiger partial charge in [0.25, 0.3) is 0 Å². The lowest BCUT2D eigenvalue weighted by molar-refractivity contribution is 0.484. The van der Waals surface area contributed by atoms with Gasteiger partial charge in [-0.2, -0.15) is 0 Å². The molecule has 0 aliphatic heterocycles. The fourth-order valence-corrected chi connectivity index (χ4v) is 5.60. The summed E-state index contributed by atoms with van der Waals surface area (Å²) < 4.78 is 10.8. The van der Waals surface area contributed by atoms with Crippen LogP contribution in [0.15, 0.2) is 91.4 Å². The maximum Gasteiger partial charge on any atom is 0.145 e. The lowest BCUT2D eigenvalue weighted by Crippen LogP contribution is -1.94. The zero-order chi connectivity index (χ0) is 24.7. The summed E-state index contributed by atoms with van der Waals surface area (Å²) in [5, 5.41) is 5.48. The molecule has 37 heavy (non-hydrogen) atoms. The largest absolute Gasteiger partial charge is 0.457 e. The van der Waals surface area contributed by atoms with E-state index in [1.54, 1.807) is 0 Å². The van der Waals surface area contributed by atoms with Gasteiger partial charge in [-0.1, -0.05) is 18.2 Å². The van der Waals surface area contributed by atoms with Crippen molar-refractivity contribution in [3.8, 4) is 11.5 Å². The number of aromatic nitrogens is 5. The van der Waals surface area contributed by atoms with Crippen LogP contribution in [0.25, 0.3) is 54.8 Å². The molecule has 0 atom stereocenters. The highest BCUT2D eigenvalue weighted by atomic mass is 16.5. The average Bonchev–Trinajstić information content (AvgIpc) is 3.54. The molecule has 0 saturated heterocycles. The topological polar surface area (TPSA) is 56.7 Å². The lowest BCUT2D eigenvalue weighted by atomic mass is 10.1. The molecule has 5 heterocycles. The first-order valence-electron chi connectivity index (χ1n) is 12.3. The number of hydrogen-bond acceptors (Lipinski definition) is 4. The van der Waals surface area contributed by atoms with Crippen LogP contribution in [0, 0.1) is 13.8 Å². The van der Waals surface area contributed by atoms with E-state index in [0.717, 1.165) is 72.3 Å². The maximum absolute atomic E-state index is 6.44. The highest BCUT2D eigenvalue weighted by Crippen LogP contribution is 2.36. The second kappa shape index (κ2) is 7.27. The Balaban J connectivity index is 1.33. The Hall–Kier alpha value is -4.97. The van der Waals surface area contributed by atoms with Crippen molar-refractivity contribution in [3.63, 3.8) is 0 Å². The summed E-state index contributed by atoms with van der Waals surface area (Å²) >= 11 is 0. The molecule has 0 spiro atoms. The molecular weight excluding hydrogens is 458 g/mol. The van der Waals surface area contributed by atoms with Gasteiger partial charge < -0.3 is 4.74 Å². The van der Waals surface area contributed by atoms with E-state index in [9.17, 15) is 0 Å². The number of benzene rings is 3. The summed E-state index contributed by atoms with van der Waals surface area (Å²) in [5.74, 6) is 1.51. The Bertz CT molecular complexity index is 2210. The van der Waals surface area contributed by atoms with Crippen molar-refractivity contribution in [1.29, 1.82) is 0 Å². The SMILES string of the molecule is Cc1nc2c3cc(Oc4ccc5c(c4)c4nccn4c4cccnc54)ccc3c3ccccc3n2c1C. The van der Waals surface area contributed by atoms with Crippen LogP contribution in [0.5, 0.6) is 11.5 Å². The smallest absolute Gasteiger partial charge is 0.145 e. The van der Waals surface area contributed by atoms with Gasteiger partial charge in [-0.15, -0.1) is 0 Å². The van der Waals surface area contributed by atoms with Gasteiger partial charge in [0.2, 0.25) is 0 Å². The second-order valence-corrected chi connectivity index (χ2v) is 9.47. The number of hydrogen-bond donors (Lipinski definition) is 0. The Labute approximate surface area is 211 Å². The third-order valence-corrected chi connectivity index (χ3v) is 7.42. The number of imidazole rings is 2. The van der Waals surface area contributed by atoms with Crippen LogP contribution in [0.2, 0.25) is 0 Å². The monoisotopic (exact) mass is 479 g/mol. The number of rotatable bonds is 2. The maximum atomic E-state index is 6.44. The molecule has 3 aromatic carbocycles. The molecule has 176 valence electrons. The molecule has 0 saturated carbocycles. The van der Waals surface area contributed by atoms with Crippen LogP contribution in [-0.2, 0) is 0 Å². The van der Waals surface area contributed by atoms with Crippen molar-refractivity contribution < 1.29 is 4.74 Å². The fraction of sp³-hybridized carbons (Fsp3) is 0.0645. The summed E-state index contributed by atoms with van der Waals surface area (Å²) in [6.45, 7) is 4.19. The minimum absolute atomic E-state index is 0.750. The summed E-state index contributed by atoms with van der Waals surface area (Å²) in [4.78, 5) is 14.2. The van der Waals surface area contributed by atoms with Crippen molar-refractivity contribution in [2.24, 2.45) is 0 Å². The van der Waals surface area contributed by atoms with Crippen LogP contribution >= 0.6 is 0 Å². The Morgan fingerprint density at radius 1 is 0.649 bits per heavy atom. The highest BCUT2D eigenvalue weighted by molar-refractivity contribution is 6.12. The predicted octanol–water partition coefficient (Wildman–Crippen LogP) is 7.40. The lowest BCUT2D eigenvalue weighted by Gasteiger charge is -2.12. The van der Waals surface area contributed by atoms with E-state index >= 15 is 0 Å². The first-order valence-corrected chi connectivity index (χ1v) is 12.3. The molecule has 0 bridgehead atoms. The Kier molecular flexibility index (Phi) is 3.98. The predicted molar refractivity (Wildman–Crippen MR) is 148 cm³/mol. The van der Waals surface area contributed by atoms with Crippen molar-refractivity contribution in [2.45, 2.75) is 13.8 Å². The van der Waals surface area contributed by atoms with Crippen LogP contribution in [0.3, 0.4) is 0 Å². The van der Waals surface area contributed by atoms with Gasteiger partial charge in [-0.05, 0) is 73.8 Å². The van der Waals surface area contributed by atoms with E-state index in [2.05, 4.69) is 87.2 Å². The molecule has 6 heteroatoms. The van der Waals surface area contributed by atoms with Crippen molar-refractivity contribution in [3.05, 3.63) is 103 Å². The van der Waals surface area contributed by atoms with Gasteiger partial charge in [0.05, 0.1) is 22.2 Å². The Morgan fingerprint density at radius 3 is 2.27 bits per heavy atom. The molecular formula is C31H21N5O. The zero-order valence-electron chi connectivity index (χ0n) is 20.3. The van der Waals surface area contributed by atoms with Crippen molar-refractivity contribution in [1.82, 2.24) is 23.8 Å². The highest BCUT2D eigenvalue weighted by Gasteiger charge is 2.15. The molecule has 0 N–H and O–H groups in total. The summed E-state index contributed by atoms with van der Waals surface area (Å²) in [7, 11) is 0. The van der Waals surface area contributed by atoms with Gasteiger partial charge in [0.1, 0.15) is 22.8 Å². The molecule has 0 unspecified atom stereocenters. The Morgan fingerprint density at radius 2 is 1.41 bits per heavy atom. The molecule has 0 aliphatic carbocycles. The van der Waals surface area contributed by atoms with Crippen molar-refractivity contribution in [2.75, 3.05) is 0 Å². The molecule has 0 amide bonds. The van der Waals surface area contributed by atoms with E-state index in [-0.39, 0.29) is 0 Å². The number of pyridine rings is 3. The third kappa shape index (κ3) is 2.78. The summed E-state index contributed by atoms with van der Waals surface area (Å²) in [6.07, 6.45) is 5.62. The summed E-state index contributed by atoms with van der Waals surface area (Å²) in [6, 6.07) is 24.9. The minimum Gasteiger partial charge on any atom is -0.457 e.